The molecule has 1 saturated heterocycles. The van der Waals surface area contributed by atoms with Gasteiger partial charge < -0.3 is 15.2 Å². The molecule has 0 aliphatic carbocycles. The molecule has 0 radical (unpaired) electrons. The maximum Gasteiger partial charge on any atom is 0.337 e. The smallest absolute Gasteiger partial charge is 0.337 e. The summed E-state index contributed by atoms with van der Waals surface area (Å²) >= 11 is 1.22. The third-order valence-electron chi connectivity index (χ3n) is 3.68. The number of amidine groups is 1. The lowest BCUT2D eigenvalue weighted by molar-refractivity contribution is -0.116. The molecule has 1 fully saturated rings. The fourth-order valence-corrected chi connectivity index (χ4v) is 3.01. The van der Waals surface area contributed by atoms with Crippen LogP contribution in [0.3, 0.4) is 0 Å². The normalized spacial score (nSPS) is 15.3. The minimum absolute atomic E-state index is 0.0515. The van der Waals surface area contributed by atoms with Gasteiger partial charge in [0.2, 0.25) is 5.91 Å². The number of carbonyl (C=O) groups excluding carboxylic acids is 2. The van der Waals surface area contributed by atoms with E-state index < -0.39 is 11.8 Å². The molecule has 0 spiro atoms. The van der Waals surface area contributed by atoms with Crippen molar-refractivity contribution in [2.75, 3.05) is 12.9 Å². The maximum atomic E-state index is 14.3. The first kappa shape index (κ1) is 18.6. The molecule has 0 saturated carbocycles. The molecule has 0 atom stereocenters. The molecule has 9 heteroatoms. The van der Waals surface area contributed by atoms with Crippen LogP contribution >= 0.6 is 11.8 Å². The number of thioether (sulfide) groups is 1. The Labute approximate surface area is 158 Å². The van der Waals surface area contributed by atoms with Gasteiger partial charge in [0.15, 0.2) is 5.17 Å². The number of esters is 1. The third-order valence-corrected chi connectivity index (χ3v) is 4.54. The van der Waals surface area contributed by atoms with E-state index >= 15 is 0 Å². The number of nitrogens with one attached hydrogen (secondary N) is 1. The third kappa shape index (κ3) is 4.14. The molecule has 27 heavy (non-hydrogen) atoms. The Morgan fingerprint density at radius 2 is 2.15 bits per heavy atom. The summed E-state index contributed by atoms with van der Waals surface area (Å²) in [6.45, 7) is 0. The molecule has 2 N–H and O–H groups in total. The highest BCUT2D eigenvalue weighted by Gasteiger charge is 2.17. The first-order chi connectivity index (χ1) is 13.0. The molecule has 0 bridgehead atoms. The van der Waals surface area contributed by atoms with E-state index in [1.165, 1.54) is 43.3 Å². The van der Waals surface area contributed by atoms with E-state index in [9.17, 15) is 19.1 Å². The highest BCUT2D eigenvalue weighted by molar-refractivity contribution is 8.15. The van der Waals surface area contributed by atoms with E-state index in [0.717, 1.165) is 6.07 Å². The van der Waals surface area contributed by atoms with Gasteiger partial charge in [-0.25, -0.2) is 9.18 Å². The van der Waals surface area contributed by atoms with Crippen LogP contribution in [0, 0.1) is 5.82 Å². The Bertz CT molecular complexity index is 975. The van der Waals surface area contributed by atoms with Gasteiger partial charge in [0.25, 0.3) is 0 Å². The molecule has 1 aliphatic heterocycles. The predicted octanol–water partition coefficient (Wildman–Crippen LogP) is 2.54. The van der Waals surface area contributed by atoms with Crippen LogP contribution in [0.1, 0.15) is 15.9 Å². The van der Waals surface area contributed by atoms with Crippen LogP contribution in [0.5, 0.6) is 5.75 Å². The topological polar surface area (TPSA) is 100 Å². The Kier molecular flexibility index (Phi) is 5.51. The number of hydrogen-bond acceptors (Lipinski definition) is 7. The number of hydrogen-bond donors (Lipinski definition) is 2. The van der Waals surface area contributed by atoms with E-state index in [4.69, 9.17) is 0 Å². The minimum atomic E-state index is -0.611. The van der Waals surface area contributed by atoms with Gasteiger partial charge in [-0.05, 0) is 24.3 Å². The van der Waals surface area contributed by atoms with Gasteiger partial charge in [0.05, 0.1) is 24.6 Å². The number of phenolic OH excluding ortho intramolecular Hbond substituents is 1. The van der Waals surface area contributed by atoms with E-state index in [1.54, 1.807) is 12.1 Å². The van der Waals surface area contributed by atoms with Crippen LogP contribution in [-0.4, -0.2) is 41.2 Å². The van der Waals surface area contributed by atoms with Crippen molar-refractivity contribution in [3.05, 3.63) is 53.3 Å². The first-order valence-corrected chi connectivity index (χ1v) is 8.72. The Hall–Kier alpha value is -3.20. The minimum Gasteiger partial charge on any atom is -0.507 e. The Balaban J connectivity index is 1.93. The summed E-state index contributed by atoms with van der Waals surface area (Å²) in [6.07, 6.45) is 1.29. The molecule has 3 rings (SSSR count). The standard InChI is InChI=1S/C18H14FN3O4S/c1-26-17(25)10-5-6-14(19)13(7-10)12-4-2-3-11(16(12)24)8-20-22-18-21-15(23)9-27-18/h2-8,24H,9H2,1H3,(H,21,22,23). The highest BCUT2D eigenvalue weighted by atomic mass is 32.2. The van der Waals surface area contributed by atoms with Crippen molar-refractivity contribution in [3.63, 3.8) is 0 Å². The van der Waals surface area contributed by atoms with E-state index in [0.29, 0.717) is 10.7 Å². The summed E-state index contributed by atoms with van der Waals surface area (Å²) in [5, 5.41) is 21.1. The molecule has 0 unspecified atom stereocenters. The molecular formula is C18H14FN3O4S. The molecular weight excluding hydrogens is 373 g/mol. The molecule has 1 aliphatic rings. The van der Waals surface area contributed by atoms with E-state index in [-0.39, 0.29) is 34.1 Å². The van der Waals surface area contributed by atoms with E-state index in [2.05, 4.69) is 20.3 Å². The lowest BCUT2D eigenvalue weighted by Crippen LogP contribution is -2.19. The van der Waals surface area contributed by atoms with Crippen molar-refractivity contribution in [2.45, 2.75) is 0 Å². The van der Waals surface area contributed by atoms with Gasteiger partial charge in [0, 0.05) is 16.7 Å². The van der Waals surface area contributed by atoms with Gasteiger partial charge in [-0.2, -0.15) is 5.10 Å². The van der Waals surface area contributed by atoms with Gasteiger partial charge in [0.1, 0.15) is 11.6 Å². The SMILES string of the molecule is COC(=O)c1ccc(F)c(-c2cccc(C=NN=C3NC(=O)CS3)c2O)c1. The van der Waals surface area contributed by atoms with Crippen LogP contribution in [0.15, 0.2) is 46.6 Å². The average molecular weight is 387 g/mol. The number of methoxy groups -OCH3 is 1. The van der Waals surface area contributed by atoms with Crippen molar-refractivity contribution < 1.29 is 23.8 Å². The number of carbonyl (C=O) groups is 2. The Morgan fingerprint density at radius 3 is 2.85 bits per heavy atom. The second-order valence-electron chi connectivity index (χ2n) is 5.42. The van der Waals surface area contributed by atoms with Crippen molar-refractivity contribution >= 4 is 35.0 Å². The highest BCUT2D eigenvalue weighted by Crippen LogP contribution is 2.33. The molecule has 7 nitrogen and oxygen atoms in total. The van der Waals surface area contributed by atoms with Crippen LogP contribution in [0.2, 0.25) is 0 Å². The second kappa shape index (κ2) is 8.00. The van der Waals surface area contributed by atoms with Gasteiger partial charge in [-0.15, -0.1) is 5.10 Å². The Morgan fingerprint density at radius 1 is 1.33 bits per heavy atom. The van der Waals surface area contributed by atoms with Gasteiger partial charge in [-0.3, -0.25) is 4.79 Å². The number of amides is 1. The largest absolute Gasteiger partial charge is 0.507 e. The molecule has 0 aromatic heterocycles. The number of nitrogens with zero attached hydrogens (tertiary/aromatic N) is 2. The number of para-hydroxylation sites is 1. The molecule has 1 heterocycles. The summed E-state index contributed by atoms with van der Waals surface area (Å²) in [6, 6.07) is 8.45. The molecule has 138 valence electrons. The summed E-state index contributed by atoms with van der Waals surface area (Å²) < 4.78 is 18.9. The van der Waals surface area contributed by atoms with Crippen molar-refractivity contribution in [1.29, 1.82) is 0 Å². The molecule has 2 aromatic carbocycles. The zero-order valence-corrected chi connectivity index (χ0v) is 14.9. The van der Waals surface area contributed by atoms with Crippen molar-refractivity contribution in [1.82, 2.24) is 5.32 Å². The van der Waals surface area contributed by atoms with Crippen LogP contribution in [0.25, 0.3) is 11.1 Å². The quantitative estimate of drug-likeness (QED) is 0.477. The average Bonchev–Trinajstić information content (AvgIpc) is 3.08. The lowest BCUT2D eigenvalue weighted by atomic mass is 9.99. The van der Waals surface area contributed by atoms with Gasteiger partial charge in [-0.1, -0.05) is 23.9 Å². The van der Waals surface area contributed by atoms with Crippen LogP contribution < -0.4 is 5.32 Å². The van der Waals surface area contributed by atoms with Crippen LogP contribution in [0.4, 0.5) is 4.39 Å². The fourth-order valence-electron chi connectivity index (χ4n) is 2.38. The summed E-state index contributed by atoms with van der Waals surface area (Å²) in [7, 11) is 1.23. The van der Waals surface area contributed by atoms with Crippen molar-refractivity contribution in [2.24, 2.45) is 10.2 Å². The number of benzene rings is 2. The number of rotatable bonds is 4. The molecule has 1 amide bonds. The summed E-state index contributed by atoms with van der Waals surface area (Å²) in [4.78, 5) is 22.8. The zero-order chi connectivity index (χ0) is 19.4. The number of halogens is 1. The second-order valence-corrected chi connectivity index (χ2v) is 6.38. The number of phenols is 1. The summed E-state index contributed by atoms with van der Waals surface area (Å²) in [5.41, 5.74) is 0.704. The van der Waals surface area contributed by atoms with Crippen molar-refractivity contribution in [3.8, 4) is 16.9 Å². The van der Waals surface area contributed by atoms with Crippen LogP contribution in [-0.2, 0) is 9.53 Å². The monoisotopic (exact) mass is 387 g/mol. The summed E-state index contributed by atoms with van der Waals surface area (Å²) in [5.74, 6) is -1.30. The van der Waals surface area contributed by atoms with E-state index in [1.807, 2.05) is 0 Å². The first-order valence-electron chi connectivity index (χ1n) is 7.73. The maximum absolute atomic E-state index is 14.3. The predicted molar refractivity (Wildman–Crippen MR) is 100 cm³/mol. The fraction of sp³-hybridized carbons (Fsp3) is 0.111. The zero-order valence-electron chi connectivity index (χ0n) is 14.1. The van der Waals surface area contributed by atoms with Gasteiger partial charge >= 0.3 is 5.97 Å². The lowest BCUT2D eigenvalue weighted by Gasteiger charge is -2.09. The number of aromatic hydroxyl groups is 1. The molecule has 2 aromatic rings. The number of ether oxygens (including phenoxy) is 1.